The zero-order valence-electron chi connectivity index (χ0n) is 23.5. The summed E-state index contributed by atoms with van der Waals surface area (Å²) < 4.78 is 42.4. The molecule has 0 saturated carbocycles. The van der Waals surface area contributed by atoms with Crippen molar-refractivity contribution in [2.24, 2.45) is 0 Å². The Morgan fingerprint density at radius 2 is 1.40 bits per heavy atom. The van der Waals surface area contributed by atoms with Crippen molar-refractivity contribution >= 4 is 27.7 Å². The van der Waals surface area contributed by atoms with Crippen LogP contribution in [-0.4, -0.2) is 61.7 Å². The van der Waals surface area contributed by atoms with E-state index in [-0.39, 0.29) is 18.9 Å². The number of amides is 2. The van der Waals surface area contributed by atoms with Crippen LogP contribution in [0.2, 0.25) is 0 Å². The molecule has 0 spiro atoms. The summed E-state index contributed by atoms with van der Waals surface area (Å²) in [6.07, 6.45) is 0.196. The maximum atomic E-state index is 14.1. The summed E-state index contributed by atoms with van der Waals surface area (Å²) in [7, 11) is -1.28. The lowest BCUT2D eigenvalue weighted by Gasteiger charge is -2.35. The summed E-state index contributed by atoms with van der Waals surface area (Å²) >= 11 is 0. The molecule has 0 fully saturated rings. The van der Waals surface area contributed by atoms with Gasteiger partial charge in [0.25, 0.3) is 0 Å². The third-order valence-electron chi connectivity index (χ3n) is 6.10. The summed E-state index contributed by atoms with van der Waals surface area (Å²) in [6.45, 7) is 4.96. The summed E-state index contributed by atoms with van der Waals surface area (Å²) in [4.78, 5) is 29.2. The van der Waals surface area contributed by atoms with Gasteiger partial charge in [0.05, 0.1) is 5.69 Å². The molecule has 40 heavy (non-hydrogen) atoms. The Hall–Kier alpha value is -3.76. The third-order valence-corrected chi connectivity index (χ3v) is 7.92. The highest BCUT2D eigenvalue weighted by Crippen LogP contribution is 2.22. The van der Waals surface area contributed by atoms with Gasteiger partial charge < -0.3 is 10.2 Å². The van der Waals surface area contributed by atoms with Crippen LogP contribution < -0.4 is 9.62 Å². The molecular weight excluding hydrogens is 531 g/mol. The van der Waals surface area contributed by atoms with E-state index in [0.29, 0.717) is 11.3 Å². The van der Waals surface area contributed by atoms with Crippen LogP contribution >= 0.6 is 0 Å². The number of nitrogens with one attached hydrogen (secondary N) is 1. The van der Waals surface area contributed by atoms with Crippen molar-refractivity contribution in [2.45, 2.75) is 45.3 Å². The highest BCUT2D eigenvalue weighted by Gasteiger charge is 2.35. The molecule has 1 atom stereocenters. The minimum Gasteiger partial charge on any atom is -0.350 e. The molecule has 2 amide bonds. The molecule has 0 aliphatic heterocycles. The van der Waals surface area contributed by atoms with Gasteiger partial charge in [-0.2, -0.15) is 12.7 Å². The van der Waals surface area contributed by atoms with E-state index in [1.807, 2.05) is 51.1 Å². The van der Waals surface area contributed by atoms with Crippen molar-refractivity contribution in [3.8, 4) is 0 Å². The SMILES string of the molecule is CN(C)S(=O)(=O)N(CC(=O)N(Cc1ccc(F)cc1)C(Cc1ccccc1)C(=O)NC(C)(C)C)c1ccccc1. The van der Waals surface area contributed by atoms with E-state index in [0.717, 1.165) is 14.2 Å². The van der Waals surface area contributed by atoms with Gasteiger partial charge in [-0.25, -0.2) is 8.70 Å². The second-order valence-corrected chi connectivity index (χ2v) is 12.8. The second kappa shape index (κ2) is 13.1. The number of nitrogens with zero attached hydrogens (tertiary/aromatic N) is 3. The van der Waals surface area contributed by atoms with Crippen LogP contribution in [0.3, 0.4) is 0 Å². The average Bonchev–Trinajstić information content (AvgIpc) is 2.90. The molecular formula is C30H37FN4O4S. The van der Waals surface area contributed by atoms with Crippen molar-refractivity contribution in [3.63, 3.8) is 0 Å². The average molecular weight is 569 g/mol. The van der Waals surface area contributed by atoms with Crippen LogP contribution in [-0.2, 0) is 32.8 Å². The van der Waals surface area contributed by atoms with E-state index in [4.69, 9.17) is 0 Å². The topological polar surface area (TPSA) is 90.0 Å². The van der Waals surface area contributed by atoms with Crippen molar-refractivity contribution in [1.82, 2.24) is 14.5 Å². The molecule has 1 unspecified atom stereocenters. The first-order valence-corrected chi connectivity index (χ1v) is 14.3. The standard InChI is InChI=1S/C30H37FN4O4S/c1-30(2,3)32-29(37)27(20-23-12-8-6-9-13-23)34(21-24-16-18-25(31)19-17-24)28(36)22-35(40(38,39)33(4)5)26-14-10-7-11-15-26/h6-19,27H,20-22H2,1-5H3,(H,32,37). The molecule has 0 heterocycles. The van der Waals surface area contributed by atoms with E-state index in [2.05, 4.69) is 5.32 Å². The largest absolute Gasteiger partial charge is 0.350 e. The first kappa shape index (κ1) is 30.8. The number of carbonyl (C=O) groups is 2. The van der Waals surface area contributed by atoms with Gasteiger partial charge in [0.1, 0.15) is 18.4 Å². The molecule has 3 aromatic carbocycles. The number of hydrogen-bond donors (Lipinski definition) is 1. The number of carbonyl (C=O) groups excluding carboxylic acids is 2. The fraction of sp³-hybridized carbons (Fsp3) is 0.333. The molecule has 0 aliphatic carbocycles. The van der Waals surface area contributed by atoms with Gasteiger partial charge in [0, 0.05) is 32.6 Å². The fourth-order valence-electron chi connectivity index (χ4n) is 4.10. The Bertz CT molecular complexity index is 1380. The maximum Gasteiger partial charge on any atom is 0.304 e. The Morgan fingerprint density at radius 1 is 0.850 bits per heavy atom. The lowest BCUT2D eigenvalue weighted by molar-refractivity contribution is -0.140. The van der Waals surface area contributed by atoms with Gasteiger partial charge in [-0.3, -0.25) is 9.59 Å². The molecule has 10 heteroatoms. The number of anilines is 1. The van der Waals surface area contributed by atoms with Gasteiger partial charge >= 0.3 is 10.2 Å². The number of para-hydroxylation sites is 1. The van der Waals surface area contributed by atoms with Crippen LogP contribution in [0.5, 0.6) is 0 Å². The second-order valence-electron chi connectivity index (χ2n) is 10.7. The van der Waals surface area contributed by atoms with Crippen LogP contribution in [0.25, 0.3) is 0 Å². The van der Waals surface area contributed by atoms with Gasteiger partial charge in [0.2, 0.25) is 11.8 Å². The monoisotopic (exact) mass is 568 g/mol. The first-order valence-electron chi connectivity index (χ1n) is 12.9. The van der Waals surface area contributed by atoms with E-state index in [1.54, 1.807) is 42.5 Å². The van der Waals surface area contributed by atoms with Crippen LogP contribution in [0.1, 0.15) is 31.9 Å². The Labute approximate surface area is 236 Å². The van der Waals surface area contributed by atoms with E-state index in [9.17, 15) is 22.4 Å². The molecule has 1 N–H and O–H groups in total. The van der Waals surface area contributed by atoms with Crippen LogP contribution in [0.15, 0.2) is 84.9 Å². The summed E-state index contributed by atoms with van der Waals surface area (Å²) in [5, 5.41) is 2.97. The van der Waals surface area contributed by atoms with Crippen molar-refractivity contribution in [1.29, 1.82) is 0 Å². The van der Waals surface area contributed by atoms with E-state index < -0.39 is 40.1 Å². The van der Waals surface area contributed by atoms with E-state index in [1.165, 1.54) is 31.1 Å². The third kappa shape index (κ3) is 8.37. The smallest absolute Gasteiger partial charge is 0.304 e. The lowest BCUT2D eigenvalue weighted by Crippen LogP contribution is -2.56. The molecule has 3 rings (SSSR count). The fourth-order valence-corrected chi connectivity index (χ4v) is 5.16. The van der Waals surface area contributed by atoms with E-state index >= 15 is 0 Å². The minimum atomic E-state index is -4.06. The molecule has 0 aromatic heterocycles. The number of halogens is 1. The molecule has 3 aromatic rings. The van der Waals surface area contributed by atoms with Crippen molar-refractivity contribution in [3.05, 3.63) is 102 Å². The lowest BCUT2D eigenvalue weighted by atomic mass is 10.0. The molecule has 0 radical (unpaired) electrons. The van der Waals surface area contributed by atoms with Crippen LogP contribution in [0.4, 0.5) is 10.1 Å². The number of benzene rings is 3. The maximum absolute atomic E-state index is 14.1. The predicted octanol–water partition coefficient (Wildman–Crippen LogP) is 3.99. The molecule has 8 nitrogen and oxygen atoms in total. The van der Waals surface area contributed by atoms with Gasteiger partial charge in [-0.15, -0.1) is 0 Å². The minimum absolute atomic E-state index is 0.0290. The Kier molecular flexibility index (Phi) is 10.1. The van der Waals surface area contributed by atoms with Gasteiger partial charge in [0.15, 0.2) is 0 Å². The summed E-state index contributed by atoms with van der Waals surface area (Å²) in [6, 6.07) is 22.3. The zero-order chi connectivity index (χ0) is 29.5. The highest BCUT2D eigenvalue weighted by atomic mass is 32.2. The number of rotatable bonds is 11. The predicted molar refractivity (Wildman–Crippen MR) is 155 cm³/mol. The molecule has 0 bridgehead atoms. The summed E-state index contributed by atoms with van der Waals surface area (Å²) in [5.74, 6) is -1.39. The summed E-state index contributed by atoms with van der Waals surface area (Å²) in [5.41, 5.74) is 1.15. The molecule has 214 valence electrons. The molecule has 0 aliphatic rings. The van der Waals surface area contributed by atoms with Gasteiger partial charge in [-0.05, 0) is 56.2 Å². The molecule has 0 saturated heterocycles. The number of hydrogen-bond acceptors (Lipinski definition) is 4. The van der Waals surface area contributed by atoms with Crippen molar-refractivity contribution < 1.29 is 22.4 Å². The van der Waals surface area contributed by atoms with Crippen LogP contribution in [0, 0.1) is 5.82 Å². The Morgan fingerprint density at radius 3 is 1.93 bits per heavy atom. The Balaban J connectivity index is 2.09. The normalized spacial score (nSPS) is 12.6. The zero-order valence-corrected chi connectivity index (χ0v) is 24.4. The van der Waals surface area contributed by atoms with Gasteiger partial charge in [-0.1, -0.05) is 60.7 Å². The highest BCUT2D eigenvalue weighted by molar-refractivity contribution is 7.90. The van der Waals surface area contributed by atoms with Crippen molar-refractivity contribution in [2.75, 3.05) is 24.9 Å². The first-order chi connectivity index (χ1) is 18.8. The quantitative estimate of drug-likeness (QED) is 0.379.